The number of aromatic nitrogens is 2. The minimum absolute atomic E-state index is 0.0236. The fraction of sp³-hybridized carbons (Fsp3) is 0.250. The predicted octanol–water partition coefficient (Wildman–Crippen LogP) is 5.86. The molecule has 11 heteroatoms. The van der Waals surface area contributed by atoms with Gasteiger partial charge in [-0.3, -0.25) is 18.7 Å². The van der Waals surface area contributed by atoms with Crippen molar-refractivity contribution in [2.24, 2.45) is 0 Å². The third-order valence-electron chi connectivity index (χ3n) is 7.20. The Kier molecular flexibility index (Phi) is 8.76. The van der Waals surface area contributed by atoms with E-state index >= 15 is 0 Å². The number of halogens is 2. The molecule has 0 saturated carbocycles. The zero-order valence-corrected chi connectivity index (χ0v) is 26.1. The van der Waals surface area contributed by atoms with Crippen molar-refractivity contribution in [3.63, 3.8) is 0 Å². The quantitative estimate of drug-likeness (QED) is 0.267. The van der Waals surface area contributed by atoms with Crippen LogP contribution >= 0.6 is 27.5 Å². The number of nitriles is 1. The van der Waals surface area contributed by atoms with Crippen LogP contribution in [-0.2, 0) is 13.1 Å². The van der Waals surface area contributed by atoms with Crippen molar-refractivity contribution in [1.29, 1.82) is 5.26 Å². The number of rotatable bonds is 7. The molecule has 1 aliphatic heterocycles. The Balaban J connectivity index is 1.54. The van der Waals surface area contributed by atoms with Crippen LogP contribution < -0.4 is 15.7 Å². The van der Waals surface area contributed by atoms with E-state index in [4.69, 9.17) is 21.6 Å². The average Bonchev–Trinajstić information content (AvgIpc) is 3.29. The molecule has 0 unspecified atom stereocenters. The van der Waals surface area contributed by atoms with Gasteiger partial charge in [-0.15, -0.1) is 0 Å². The molecule has 0 spiro atoms. The summed E-state index contributed by atoms with van der Waals surface area (Å²) in [6.45, 7) is 6.23. The standard InChI is InChI=1S/C32H29BrClN5O4/c1-19(2)43-25-11-9-24(10-12-25)39-29(30(40)36-20(3)22-6-4-21(17-35)5-7-22)28-18-37(14-15-38(28)32(39)42)31(41)23-8-13-26(33)27(34)16-23/h4-13,16,19-20H,14-15,18H2,1-3H3,(H,36,40)/t20-/m1/s1. The maximum Gasteiger partial charge on any atom is 0.333 e. The summed E-state index contributed by atoms with van der Waals surface area (Å²) in [5, 5.41) is 12.5. The molecule has 9 nitrogen and oxygen atoms in total. The summed E-state index contributed by atoms with van der Waals surface area (Å²) in [5.74, 6) is -0.0827. The number of imidazole rings is 1. The molecule has 0 saturated heterocycles. The maximum absolute atomic E-state index is 14.0. The molecule has 5 rings (SSSR count). The Morgan fingerprint density at radius 2 is 1.72 bits per heavy atom. The first kappa shape index (κ1) is 30.1. The molecule has 0 aliphatic carbocycles. The van der Waals surface area contributed by atoms with Crippen LogP contribution in [0.15, 0.2) is 76.0 Å². The highest BCUT2D eigenvalue weighted by molar-refractivity contribution is 9.10. The molecule has 4 aromatic rings. The second-order valence-electron chi connectivity index (χ2n) is 10.5. The van der Waals surface area contributed by atoms with Crippen molar-refractivity contribution in [2.75, 3.05) is 6.54 Å². The second-order valence-corrected chi connectivity index (χ2v) is 11.8. The van der Waals surface area contributed by atoms with E-state index in [1.165, 1.54) is 4.57 Å². The largest absolute Gasteiger partial charge is 0.491 e. The molecule has 1 aliphatic rings. The number of amides is 2. The molecule has 2 amide bonds. The first-order chi connectivity index (χ1) is 20.6. The SMILES string of the molecule is CC(C)Oc1ccc(-n2c(C(=O)N[C@H](C)c3ccc(C#N)cc3)c3n(c2=O)CCN(C(=O)c2ccc(Br)c(Cl)c2)C3)cc1. The summed E-state index contributed by atoms with van der Waals surface area (Å²) < 4.78 is 9.38. The van der Waals surface area contributed by atoms with Crippen LogP contribution in [0.1, 0.15) is 64.5 Å². The first-order valence-corrected chi connectivity index (χ1v) is 14.9. The molecular formula is C32H29BrClN5O4. The molecule has 1 atom stereocenters. The molecule has 43 heavy (non-hydrogen) atoms. The molecule has 2 heterocycles. The molecule has 3 aromatic carbocycles. The Morgan fingerprint density at radius 3 is 2.35 bits per heavy atom. The van der Waals surface area contributed by atoms with Gasteiger partial charge in [0.05, 0.1) is 46.7 Å². The van der Waals surface area contributed by atoms with Crippen LogP contribution in [0, 0.1) is 11.3 Å². The van der Waals surface area contributed by atoms with Gasteiger partial charge in [0.15, 0.2) is 0 Å². The van der Waals surface area contributed by atoms with E-state index in [1.807, 2.05) is 20.8 Å². The average molecular weight is 663 g/mol. The number of nitrogens with one attached hydrogen (secondary N) is 1. The maximum atomic E-state index is 14.0. The molecule has 220 valence electrons. The van der Waals surface area contributed by atoms with Gasteiger partial charge < -0.3 is 15.0 Å². The molecule has 1 aromatic heterocycles. The van der Waals surface area contributed by atoms with Crippen molar-refractivity contribution in [1.82, 2.24) is 19.4 Å². The zero-order valence-electron chi connectivity index (χ0n) is 23.8. The Hall–Kier alpha value is -4.33. The highest BCUT2D eigenvalue weighted by Crippen LogP contribution is 2.27. The van der Waals surface area contributed by atoms with Gasteiger partial charge >= 0.3 is 5.69 Å². The third-order valence-corrected chi connectivity index (χ3v) is 8.43. The summed E-state index contributed by atoms with van der Waals surface area (Å²) >= 11 is 9.60. The van der Waals surface area contributed by atoms with Gasteiger partial charge in [-0.25, -0.2) is 4.79 Å². The van der Waals surface area contributed by atoms with Gasteiger partial charge in [0.2, 0.25) is 0 Å². The number of hydrogen-bond donors (Lipinski definition) is 1. The summed E-state index contributed by atoms with van der Waals surface area (Å²) in [6.07, 6.45) is -0.0236. The van der Waals surface area contributed by atoms with Gasteiger partial charge in [-0.1, -0.05) is 23.7 Å². The minimum Gasteiger partial charge on any atom is -0.491 e. The van der Waals surface area contributed by atoms with Crippen molar-refractivity contribution in [3.8, 4) is 17.5 Å². The summed E-state index contributed by atoms with van der Waals surface area (Å²) in [7, 11) is 0. The lowest BCUT2D eigenvalue weighted by molar-refractivity contribution is 0.0706. The van der Waals surface area contributed by atoms with Crippen LogP contribution in [0.4, 0.5) is 0 Å². The van der Waals surface area contributed by atoms with E-state index in [1.54, 1.807) is 76.2 Å². The zero-order chi connectivity index (χ0) is 30.8. The number of hydrogen-bond acceptors (Lipinski definition) is 5. The van der Waals surface area contributed by atoms with E-state index in [0.717, 1.165) is 5.56 Å². The van der Waals surface area contributed by atoms with Gasteiger partial charge in [-0.05, 0) is 96.9 Å². The third kappa shape index (κ3) is 6.24. The first-order valence-electron chi connectivity index (χ1n) is 13.7. The van der Waals surface area contributed by atoms with E-state index in [2.05, 4.69) is 27.3 Å². The molecule has 1 N–H and O–H groups in total. The Labute approximate surface area is 262 Å². The number of carbonyl (C=O) groups is 2. The van der Waals surface area contributed by atoms with Crippen molar-refractivity contribution < 1.29 is 14.3 Å². The van der Waals surface area contributed by atoms with Crippen LogP contribution in [-0.4, -0.2) is 38.5 Å². The normalized spacial score (nSPS) is 13.3. The fourth-order valence-corrected chi connectivity index (χ4v) is 5.49. The number of benzene rings is 3. The number of carbonyl (C=O) groups excluding carboxylic acids is 2. The highest BCUT2D eigenvalue weighted by Gasteiger charge is 2.32. The Bertz CT molecular complexity index is 1790. The molecular weight excluding hydrogens is 634 g/mol. The lowest BCUT2D eigenvalue weighted by atomic mass is 10.1. The molecule has 0 radical (unpaired) electrons. The number of fused-ring (bicyclic) bond motifs is 1. The van der Waals surface area contributed by atoms with E-state index in [-0.39, 0.29) is 43.0 Å². The van der Waals surface area contributed by atoms with E-state index < -0.39 is 11.9 Å². The van der Waals surface area contributed by atoms with Crippen molar-refractivity contribution >= 4 is 39.3 Å². The van der Waals surface area contributed by atoms with Crippen LogP contribution in [0.5, 0.6) is 5.75 Å². The monoisotopic (exact) mass is 661 g/mol. The van der Waals surface area contributed by atoms with Crippen LogP contribution in [0.2, 0.25) is 5.02 Å². The molecule has 0 fully saturated rings. The number of nitrogens with zero attached hydrogens (tertiary/aromatic N) is 4. The van der Waals surface area contributed by atoms with E-state index in [0.29, 0.717) is 37.8 Å². The van der Waals surface area contributed by atoms with Crippen LogP contribution in [0.25, 0.3) is 5.69 Å². The van der Waals surface area contributed by atoms with Crippen molar-refractivity contribution in [2.45, 2.75) is 46.0 Å². The topological polar surface area (TPSA) is 109 Å². The predicted molar refractivity (Wildman–Crippen MR) is 167 cm³/mol. The lowest BCUT2D eigenvalue weighted by Gasteiger charge is -2.28. The Morgan fingerprint density at radius 1 is 1.02 bits per heavy atom. The van der Waals surface area contributed by atoms with Gasteiger partial charge in [0, 0.05) is 23.1 Å². The molecule has 0 bridgehead atoms. The fourth-order valence-electron chi connectivity index (χ4n) is 5.06. The van der Waals surface area contributed by atoms with Crippen molar-refractivity contribution in [3.05, 3.63) is 115 Å². The second kappa shape index (κ2) is 12.5. The minimum atomic E-state index is -0.466. The summed E-state index contributed by atoms with van der Waals surface area (Å²) in [4.78, 5) is 42.9. The van der Waals surface area contributed by atoms with E-state index in [9.17, 15) is 14.4 Å². The smallest absolute Gasteiger partial charge is 0.333 e. The van der Waals surface area contributed by atoms with Gasteiger partial charge in [-0.2, -0.15) is 5.26 Å². The van der Waals surface area contributed by atoms with Gasteiger partial charge in [0.1, 0.15) is 11.4 Å². The number of ether oxygens (including phenoxy) is 1. The van der Waals surface area contributed by atoms with Gasteiger partial charge in [0.25, 0.3) is 11.8 Å². The lowest BCUT2D eigenvalue weighted by Crippen LogP contribution is -2.41. The van der Waals surface area contributed by atoms with Crippen LogP contribution in [0.3, 0.4) is 0 Å². The summed E-state index contributed by atoms with van der Waals surface area (Å²) in [6, 6.07) is 20.6. The highest BCUT2D eigenvalue weighted by atomic mass is 79.9. The summed E-state index contributed by atoms with van der Waals surface area (Å²) in [5.41, 5.74) is 2.42.